The zero-order valence-corrected chi connectivity index (χ0v) is 9.94. The predicted octanol–water partition coefficient (Wildman–Crippen LogP) is 3.09. The molecular weight excluding hydrogens is 212 g/mol. The topological polar surface area (TPSA) is 37.9 Å². The van der Waals surface area contributed by atoms with E-state index in [9.17, 15) is 0 Å². The lowest BCUT2D eigenvalue weighted by Crippen LogP contribution is -1.89. The van der Waals surface area contributed by atoms with Crippen molar-refractivity contribution >= 4 is 11.0 Å². The predicted molar refractivity (Wildman–Crippen MR) is 66.2 cm³/mol. The lowest BCUT2D eigenvalue weighted by atomic mass is 10.1. The van der Waals surface area contributed by atoms with E-state index in [-0.39, 0.29) is 0 Å². The number of hydrogen-bond donors (Lipinski definition) is 1. The molecule has 1 aromatic carbocycles. The Morgan fingerprint density at radius 3 is 2.88 bits per heavy atom. The number of aromatic nitrogens is 2. The zero-order chi connectivity index (χ0) is 11.4. The summed E-state index contributed by atoms with van der Waals surface area (Å²) in [5.41, 5.74) is 2.16. The minimum atomic E-state index is 0.710. The Morgan fingerprint density at radius 1 is 1.29 bits per heavy atom. The highest BCUT2D eigenvalue weighted by Gasteiger charge is 2.54. The Labute approximate surface area is 100 Å². The molecule has 0 radical (unpaired) electrons. The Balaban J connectivity index is 1.73. The van der Waals surface area contributed by atoms with Crippen LogP contribution >= 0.6 is 0 Å². The van der Waals surface area contributed by atoms with Gasteiger partial charge in [-0.15, -0.1) is 0 Å². The van der Waals surface area contributed by atoms with Crippen molar-refractivity contribution in [3.8, 4) is 5.75 Å². The number of rotatable bonds is 2. The molecule has 1 heterocycles. The Kier molecular flexibility index (Phi) is 1.82. The third-order valence-electron chi connectivity index (χ3n) is 4.43. The van der Waals surface area contributed by atoms with Gasteiger partial charge in [0.1, 0.15) is 11.6 Å². The summed E-state index contributed by atoms with van der Waals surface area (Å²) in [7, 11) is 1.70. The fraction of sp³-hybridized carbons (Fsp3) is 0.500. The number of methoxy groups -OCH3 is 1. The third-order valence-corrected chi connectivity index (χ3v) is 4.43. The van der Waals surface area contributed by atoms with E-state index in [4.69, 9.17) is 9.72 Å². The van der Waals surface area contributed by atoms with Crippen LogP contribution in [0.2, 0.25) is 0 Å². The van der Waals surface area contributed by atoms with Crippen LogP contribution in [0.25, 0.3) is 11.0 Å². The highest BCUT2D eigenvalue weighted by atomic mass is 16.5. The van der Waals surface area contributed by atoms with Crippen molar-refractivity contribution < 1.29 is 4.74 Å². The molecule has 3 heteroatoms. The van der Waals surface area contributed by atoms with E-state index >= 15 is 0 Å². The maximum Gasteiger partial charge on any atom is 0.121 e. The highest BCUT2D eigenvalue weighted by Crippen LogP contribution is 2.62. The quantitative estimate of drug-likeness (QED) is 0.857. The van der Waals surface area contributed by atoms with E-state index in [2.05, 4.69) is 4.98 Å². The Bertz CT molecular complexity index is 565. The number of fused-ring (bicyclic) bond motifs is 2. The van der Waals surface area contributed by atoms with Crippen LogP contribution in [0.15, 0.2) is 18.2 Å². The lowest BCUT2D eigenvalue weighted by molar-refractivity contribution is 0.415. The van der Waals surface area contributed by atoms with E-state index in [1.165, 1.54) is 25.1 Å². The second-order valence-electron chi connectivity index (χ2n) is 5.29. The zero-order valence-electron chi connectivity index (χ0n) is 9.94. The molecule has 2 saturated carbocycles. The standard InChI is InChI=1S/C14H16N2O/c1-17-8-5-6-11-12(7-8)16-14(15-11)13-9-3-2-4-10(9)13/h5-7,9-10,13H,2-4H2,1H3,(H,15,16). The summed E-state index contributed by atoms with van der Waals surface area (Å²) in [5, 5.41) is 0. The van der Waals surface area contributed by atoms with Gasteiger partial charge in [0.05, 0.1) is 18.1 Å². The molecule has 0 spiro atoms. The van der Waals surface area contributed by atoms with E-state index < -0.39 is 0 Å². The van der Waals surface area contributed by atoms with Crippen molar-refractivity contribution in [2.45, 2.75) is 25.2 Å². The van der Waals surface area contributed by atoms with Gasteiger partial charge < -0.3 is 9.72 Å². The largest absolute Gasteiger partial charge is 0.497 e. The van der Waals surface area contributed by atoms with Gasteiger partial charge in [0.15, 0.2) is 0 Å². The van der Waals surface area contributed by atoms with Crippen LogP contribution in [0.5, 0.6) is 5.75 Å². The van der Waals surface area contributed by atoms with Crippen molar-refractivity contribution in [3.63, 3.8) is 0 Å². The number of ether oxygens (including phenoxy) is 1. The van der Waals surface area contributed by atoms with Crippen molar-refractivity contribution in [1.29, 1.82) is 0 Å². The van der Waals surface area contributed by atoms with Crippen molar-refractivity contribution in [2.75, 3.05) is 7.11 Å². The number of benzene rings is 1. The van der Waals surface area contributed by atoms with Gasteiger partial charge in [0.25, 0.3) is 0 Å². The first-order valence-electron chi connectivity index (χ1n) is 6.40. The minimum Gasteiger partial charge on any atom is -0.497 e. The number of nitrogens with one attached hydrogen (secondary N) is 1. The molecule has 2 atom stereocenters. The van der Waals surface area contributed by atoms with Crippen LogP contribution in [0.4, 0.5) is 0 Å². The van der Waals surface area contributed by atoms with Gasteiger partial charge in [-0.05, 0) is 36.8 Å². The summed E-state index contributed by atoms with van der Waals surface area (Å²) in [6, 6.07) is 6.04. The molecule has 2 unspecified atom stereocenters. The minimum absolute atomic E-state index is 0.710. The average molecular weight is 228 g/mol. The van der Waals surface area contributed by atoms with Crippen LogP contribution in [-0.2, 0) is 0 Å². The maximum absolute atomic E-state index is 5.23. The summed E-state index contributed by atoms with van der Waals surface area (Å²) in [5.74, 6) is 4.63. The summed E-state index contributed by atoms with van der Waals surface area (Å²) < 4.78 is 5.23. The summed E-state index contributed by atoms with van der Waals surface area (Å²) in [6.45, 7) is 0. The van der Waals surface area contributed by atoms with Gasteiger partial charge in [-0.3, -0.25) is 0 Å². The third kappa shape index (κ3) is 1.31. The Hall–Kier alpha value is -1.51. The maximum atomic E-state index is 5.23. The SMILES string of the molecule is COc1ccc2nc(C3C4CCCC43)[nH]c2c1. The van der Waals surface area contributed by atoms with Crippen molar-refractivity contribution in [1.82, 2.24) is 9.97 Å². The van der Waals surface area contributed by atoms with Crippen molar-refractivity contribution in [2.24, 2.45) is 11.8 Å². The summed E-state index contributed by atoms with van der Waals surface area (Å²) in [6.07, 6.45) is 4.21. The summed E-state index contributed by atoms with van der Waals surface area (Å²) in [4.78, 5) is 8.19. The molecule has 4 rings (SSSR count). The van der Waals surface area contributed by atoms with Crippen LogP contribution in [0.3, 0.4) is 0 Å². The number of aromatic amines is 1. The van der Waals surface area contributed by atoms with E-state index in [1.54, 1.807) is 7.11 Å². The molecule has 1 N–H and O–H groups in total. The van der Waals surface area contributed by atoms with E-state index in [1.807, 2.05) is 18.2 Å². The molecule has 2 aliphatic rings. The lowest BCUT2D eigenvalue weighted by Gasteiger charge is -1.97. The highest BCUT2D eigenvalue weighted by molar-refractivity contribution is 5.77. The van der Waals surface area contributed by atoms with Gasteiger partial charge in [0.2, 0.25) is 0 Å². The van der Waals surface area contributed by atoms with Gasteiger partial charge in [-0.25, -0.2) is 4.98 Å². The molecule has 0 saturated heterocycles. The van der Waals surface area contributed by atoms with Gasteiger partial charge in [-0.2, -0.15) is 0 Å². The molecule has 0 amide bonds. The molecular formula is C14H16N2O. The van der Waals surface area contributed by atoms with E-state index in [0.717, 1.165) is 28.6 Å². The molecule has 3 nitrogen and oxygen atoms in total. The molecule has 2 fully saturated rings. The number of hydrogen-bond acceptors (Lipinski definition) is 2. The second kappa shape index (κ2) is 3.25. The molecule has 0 bridgehead atoms. The first-order valence-corrected chi connectivity index (χ1v) is 6.40. The smallest absolute Gasteiger partial charge is 0.121 e. The number of H-pyrrole nitrogens is 1. The van der Waals surface area contributed by atoms with Gasteiger partial charge >= 0.3 is 0 Å². The normalized spacial score (nSPS) is 30.5. The molecule has 0 aliphatic heterocycles. The molecule has 2 aromatic rings. The second-order valence-corrected chi connectivity index (χ2v) is 5.29. The number of nitrogens with zero attached hydrogens (tertiary/aromatic N) is 1. The van der Waals surface area contributed by atoms with Crippen molar-refractivity contribution in [3.05, 3.63) is 24.0 Å². The average Bonchev–Trinajstić information content (AvgIpc) is 2.77. The molecule has 1 aromatic heterocycles. The fourth-order valence-corrected chi connectivity index (χ4v) is 3.52. The summed E-state index contributed by atoms with van der Waals surface area (Å²) >= 11 is 0. The number of imidazole rings is 1. The van der Waals surface area contributed by atoms with Gasteiger partial charge in [0, 0.05) is 12.0 Å². The van der Waals surface area contributed by atoms with Crippen LogP contribution in [-0.4, -0.2) is 17.1 Å². The van der Waals surface area contributed by atoms with E-state index in [0.29, 0.717) is 5.92 Å². The molecule has 88 valence electrons. The van der Waals surface area contributed by atoms with Crippen LogP contribution < -0.4 is 4.74 Å². The monoisotopic (exact) mass is 228 g/mol. The van der Waals surface area contributed by atoms with Gasteiger partial charge in [-0.1, -0.05) is 6.42 Å². The molecule has 2 aliphatic carbocycles. The fourth-order valence-electron chi connectivity index (χ4n) is 3.52. The molecule has 17 heavy (non-hydrogen) atoms. The first-order chi connectivity index (χ1) is 8.36. The Morgan fingerprint density at radius 2 is 2.12 bits per heavy atom. The first kappa shape index (κ1) is 9.51. The van der Waals surface area contributed by atoms with Crippen LogP contribution in [0.1, 0.15) is 31.0 Å². The van der Waals surface area contributed by atoms with Crippen LogP contribution in [0, 0.1) is 11.8 Å².